The Morgan fingerprint density at radius 2 is 2.00 bits per heavy atom. The summed E-state index contributed by atoms with van der Waals surface area (Å²) in [7, 11) is 1.61. The predicted octanol–water partition coefficient (Wildman–Crippen LogP) is 3.29. The molecule has 1 saturated heterocycles. The number of hydrogen-bond acceptors (Lipinski definition) is 6. The summed E-state index contributed by atoms with van der Waals surface area (Å²) in [6.07, 6.45) is 3.49. The number of hydrogen-bond donors (Lipinski definition) is 2. The van der Waals surface area contributed by atoms with Crippen LogP contribution in [-0.2, 0) is 16.1 Å². The number of piperidine rings is 1. The number of amides is 2. The van der Waals surface area contributed by atoms with E-state index in [1.165, 1.54) is 4.57 Å². The number of pyridine rings is 1. The van der Waals surface area contributed by atoms with Crippen molar-refractivity contribution < 1.29 is 14.3 Å². The van der Waals surface area contributed by atoms with Gasteiger partial charge in [0.15, 0.2) is 4.77 Å². The molecule has 3 heterocycles. The number of rotatable bonds is 7. The van der Waals surface area contributed by atoms with E-state index in [1.807, 2.05) is 19.1 Å². The second kappa shape index (κ2) is 10.9. The van der Waals surface area contributed by atoms with Crippen molar-refractivity contribution in [2.75, 3.05) is 32.1 Å². The van der Waals surface area contributed by atoms with Crippen LogP contribution >= 0.6 is 12.2 Å². The number of benzene rings is 1. The number of methoxy groups -OCH3 is 1. The molecule has 2 aromatic heterocycles. The molecule has 1 fully saturated rings. The number of carbonyl (C=O) groups is 2. The molecule has 0 aliphatic carbocycles. The highest BCUT2D eigenvalue weighted by Gasteiger charge is 2.28. The molecule has 0 atom stereocenters. The third-order valence-electron chi connectivity index (χ3n) is 6.28. The number of nitrogens with zero attached hydrogens (tertiary/aromatic N) is 3. The van der Waals surface area contributed by atoms with Crippen LogP contribution < -0.4 is 10.9 Å². The maximum atomic E-state index is 13.1. The Bertz CT molecular complexity index is 1360. The maximum absolute atomic E-state index is 13.1. The van der Waals surface area contributed by atoms with Crippen LogP contribution in [0, 0.1) is 17.6 Å². The first-order valence-corrected chi connectivity index (χ1v) is 12.1. The fraction of sp³-hybridized carbons (Fsp3) is 0.400. The average Bonchev–Trinajstić information content (AvgIpc) is 2.85. The second-order valence-corrected chi connectivity index (χ2v) is 9.15. The minimum atomic E-state index is -0.186. The largest absolute Gasteiger partial charge is 0.385 e. The Morgan fingerprint density at radius 3 is 2.71 bits per heavy atom. The fourth-order valence-corrected chi connectivity index (χ4v) is 4.60. The van der Waals surface area contributed by atoms with Gasteiger partial charge in [-0.2, -0.15) is 0 Å². The highest BCUT2D eigenvalue weighted by atomic mass is 32.1. The molecule has 1 aromatic carbocycles. The van der Waals surface area contributed by atoms with Gasteiger partial charge in [-0.1, -0.05) is 0 Å². The molecule has 184 valence electrons. The number of aromatic amines is 1. The summed E-state index contributed by atoms with van der Waals surface area (Å²) in [5.74, 6) is 0.162. The van der Waals surface area contributed by atoms with E-state index in [1.54, 1.807) is 36.4 Å². The topological polar surface area (TPSA) is 109 Å². The van der Waals surface area contributed by atoms with Crippen LogP contribution in [0.15, 0.2) is 41.3 Å². The molecule has 35 heavy (non-hydrogen) atoms. The average molecular weight is 496 g/mol. The van der Waals surface area contributed by atoms with Gasteiger partial charge in [-0.25, -0.2) is 4.98 Å². The Kier molecular flexibility index (Phi) is 7.72. The van der Waals surface area contributed by atoms with Crippen LogP contribution in [0.1, 0.15) is 35.2 Å². The zero-order valence-corrected chi connectivity index (χ0v) is 20.7. The van der Waals surface area contributed by atoms with Crippen molar-refractivity contribution in [3.8, 4) is 0 Å². The van der Waals surface area contributed by atoms with Crippen molar-refractivity contribution in [1.29, 1.82) is 0 Å². The molecule has 4 rings (SSSR count). The Morgan fingerprint density at radius 1 is 1.23 bits per heavy atom. The van der Waals surface area contributed by atoms with Crippen molar-refractivity contribution in [2.45, 2.75) is 32.7 Å². The lowest BCUT2D eigenvalue weighted by atomic mass is 9.95. The van der Waals surface area contributed by atoms with E-state index in [4.69, 9.17) is 17.0 Å². The summed E-state index contributed by atoms with van der Waals surface area (Å²) in [6, 6.07) is 8.72. The van der Waals surface area contributed by atoms with Crippen molar-refractivity contribution in [1.82, 2.24) is 19.4 Å². The second-order valence-electron chi connectivity index (χ2n) is 8.77. The molecule has 1 aliphatic rings. The Hall–Kier alpha value is -3.37. The molecule has 3 aromatic rings. The molecule has 2 N–H and O–H groups in total. The molecule has 9 nitrogen and oxygen atoms in total. The number of H-pyrrole nitrogens is 1. The van der Waals surface area contributed by atoms with E-state index in [0.29, 0.717) is 72.6 Å². The number of anilines is 1. The molecule has 10 heteroatoms. The number of aryl methyl sites for hydroxylation is 1. The van der Waals surface area contributed by atoms with E-state index in [9.17, 15) is 14.4 Å². The summed E-state index contributed by atoms with van der Waals surface area (Å²) >= 11 is 5.37. The van der Waals surface area contributed by atoms with E-state index in [-0.39, 0.29) is 23.3 Å². The van der Waals surface area contributed by atoms with Crippen LogP contribution in [0.2, 0.25) is 0 Å². The summed E-state index contributed by atoms with van der Waals surface area (Å²) in [5, 5.41) is 3.35. The summed E-state index contributed by atoms with van der Waals surface area (Å²) in [4.78, 5) is 47.7. The van der Waals surface area contributed by atoms with E-state index >= 15 is 0 Å². The summed E-state index contributed by atoms with van der Waals surface area (Å²) in [5.41, 5.74) is 1.85. The highest BCUT2D eigenvalue weighted by molar-refractivity contribution is 7.71. The first-order valence-electron chi connectivity index (χ1n) is 11.7. The van der Waals surface area contributed by atoms with Crippen molar-refractivity contribution in [3.05, 3.63) is 62.8 Å². The zero-order chi connectivity index (χ0) is 24.9. The van der Waals surface area contributed by atoms with Gasteiger partial charge >= 0.3 is 0 Å². The first kappa shape index (κ1) is 24.7. The van der Waals surface area contributed by atoms with Crippen LogP contribution in [0.25, 0.3) is 10.9 Å². The third-order valence-corrected chi connectivity index (χ3v) is 6.60. The fourth-order valence-electron chi connectivity index (χ4n) is 4.32. The van der Waals surface area contributed by atoms with E-state index in [2.05, 4.69) is 15.3 Å². The van der Waals surface area contributed by atoms with Gasteiger partial charge in [0.25, 0.3) is 11.5 Å². The summed E-state index contributed by atoms with van der Waals surface area (Å²) < 4.78 is 6.89. The molecule has 0 bridgehead atoms. The molecule has 1 aliphatic heterocycles. The molecule has 2 amide bonds. The minimum absolute atomic E-state index is 0.0738. The smallest absolute Gasteiger partial charge is 0.262 e. The SMILES string of the molecule is COCCCn1c(=S)[nH]c2cc(C(=O)N3CCC(C(=O)Nc4cc(C)ccn4)CC3)ccc2c1=O. The monoisotopic (exact) mass is 495 g/mol. The van der Waals surface area contributed by atoms with Gasteiger partial charge < -0.3 is 19.9 Å². The molecule has 0 unspecified atom stereocenters. The quantitative estimate of drug-likeness (QED) is 0.385. The molecule has 0 spiro atoms. The first-order chi connectivity index (χ1) is 16.9. The number of ether oxygens (including phenoxy) is 1. The van der Waals surface area contributed by atoms with Gasteiger partial charge in [0.05, 0.1) is 10.9 Å². The highest BCUT2D eigenvalue weighted by Crippen LogP contribution is 2.22. The van der Waals surface area contributed by atoms with Crippen molar-refractivity contribution in [3.63, 3.8) is 0 Å². The van der Waals surface area contributed by atoms with Gasteiger partial charge in [-0.3, -0.25) is 19.0 Å². The van der Waals surface area contributed by atoms with E-state index < -0.39 is 0 Å². The van der Waals surface area contributed by atoms with Gasteiger partial charge in [-0.05, 0) is 74.3 Å². The molecular weight excluding hydrogens is 466 g/mol. The molecule has 0 saturated carbocycles. The van der Waals surface area contributed by atoms with Gasteiger partial charge in [0.2, 0.25) is 5.91 Å². The number of nitrogens with one attached hydrogen (secondary N) is 2. The Balaban J connectivity index is 1.42. The third kappa shape index (κ3) is 5.66. The lowest BCUT2D eigenvalue weighted by Crippen LogP contribution is -2.41. The van der Waals surface area contributed by atoms with Crippen LogP contribution in [-0.4, -0.2) is 58.1 Å². The zero-order valence-electron chi connectivity index (χ0n) is 19.9. The van der Waals surface area contributed by atoms with Crippen LogP contribution in [0.5, 0.6) is 0 Å². The van der Waals surface area contributed by atoms with Crippen LogP contribution in [0.3, 0.4) is 0 Å². The lowest BCUT2D eigenvalue weighted by Gasteiger charge is -2.31. The minimum Gasteiger partial charge on any atom is -0.385 e. The number of carbonyl (C=O) groups excluding carboxylic acids is 2. The maximum Gasteiger partial charge on any atom is 0.262 e. The predicted molar refractivity (Wildman–Crippen MR) is 136 cm³/mol. The summed E-state index contributed by atoms with van der Waals surface area (Å²) in [6.45, 7) is 3.90. The van der Waals surface area contributed by atoms with E-state index in [0.717, 1.165) is 5.56 Å². The van der Waals surface area contributed by atoms with Crippen LogP contribution in [0.4, 0.5) is 5.82 Å². The van der Waals surface area contributed by atoms with Crippen molar-refractivity contribution in [2.24, 2.45) is 5.92 Å². The number of fused-ring (bicyclic) bond motifs is 1. The normalized spacial score (nSPS) is 14.3. The van der Waals surface area contributed by atoms with Crippen molar-refractivity contribution >= 4 is 40.8 Å². The van der Waals surface area contributed by atoms with Gasteiger partial charge in [-0.15, -0.1) is 0 Å². The molecular formula is C25H29N5O4S. The van der Waals surface area contributed by atoms with Gasteiger partial charge in [0.1, 0.15) is 5.82 Å². The lowest BCUT2D eigenvalue weighted by molar-refractivity contribution is -0.121. The standard InChI is InChI=1S/C25H29N5O4S/c1-16-6-9-26-21(14-16)28-22(31)17-7-11-29(12-8-17)23(32)18-4-5-19-20(15-18)27-25(35)30(24(19)33)10-3-13-34-2/h4-6,9,14-15,17H,3,7-8,10-13H2,1-2H3,(H,27,35)(H,26,28,31). The number of aromatic nitrogens is 3. The molecule has 0 radical (unpaired) electrons. The Labute approximate surface area is 208 Å². The van der Waals surface area contributed by atoms with Gasteiger partial charge in [0, 0.05) is 51.0 Å². The number of likely N-dealkylation sites (tertiary alicyclic amines) is 1.